The third kappa shape index (κ3) is 4.69. The van der Waals surface area contributed by atoms with Gasteiger partial charge in [-0.25, -0.2) is 8.42 Å². The summed E-state index contributed by atoms with van der Waals surface area (Å²) in [4.78, 5) is 12.6. The van der Waals surface area contributed by atoms with Crippen molar-refractivity contribution in [3.8, 4) is 0 Å². The molecule has 1 aromatic heterocycles. The Labute approximate surface area is 164 Å². The highest BCUT2D eigenvalue weighted by Crippen LogP contribution is 2.26. The summed E-state index contributed by atoms with van der Waals surface area (Å²) in [5, 5.41) is 6.55. The van der Waals surface area contributed by atoms with Crippen molar-refractivity contribution in [1.29, 1.82) is 0 Å². The van der Waals surface area contributed by atoms with Crippen LogP contribution >= 0.6 is 11.6 Å². The van der Waals surface area contributed by atoms with Gasteiger partial charge in [0, 0.05) is 24.6 Å². The fourth-order valence-corrected chi connectivity index (χ4v) is 3.75. The van der Waals surface area contributed by atoms with Crippen LogP contribution in [-0.4, -0.2) is 36.9 Å². The minimum Gasteiger partial charge on any atom is -0.359 e. The first kappa shape index (κ1) is 21.4. The molecule has 0 aliphatic heterocycles. The molecule has 0 radical (unpaired) electrons. The molecule has 0 atom stereocenters. The van der Waals surface area contributed by atoms with Crippen molar-refractivity contribution in [3.63, 3.8) is 0 Å². The van der Waals surface area contributed by atoms with Crippen molar-refractivity contribution in [2.24, 2.45) is 0 Å². The van der Waals surface area contributed by atoms with Crippen molar-refractivity contribution in [2.45, 2.75) is 51.0 Å². The zero-order valence-electron chi connectivity index (χ0n) is 16.2. The largest absolute Gasteiger partial charge is 0.359 e. The molecule has 9 heteroatoms. The molecule has 7 nitrogen and oxygen atoms in total. The molecule has 1 heterocycles. The van der Waals surface area contributed by atoms with Crippen molar-refractivity contribution in [2.75, 3.05) is 12.4 Å². The van der Waals surface area contributed by atoms with Crippen LogP contribution in [0.25, 0.3) is 0 Å². The van der Waals surface area contributed by atoms with Gasteiger partial charge in [0.25, 0.3) is 5.91 Å². The number of rotatable bonds is 5. The number of carbonyl (C=O) groups excluding carboxylic acids is 1. The van der Waals surface area contributed by atoms with E-state index < -0.39 is 15.9 Å². The van der Waals surface area contributed by atoms with Crippen LogP contribution in [0.3, 0.4) is 0 Å². The smallest absolute Gasteiger partial charge is 0.258 e. The number of aromatic nitrogens is 1. The van der Waals surface area contributed by atoms with Crippen molar-refractivity contribution in [1.82, 2.24) is 9.46 Å². The van der Waals surface area contributed by atoms with E-state index in [1.54, 1.807) is 19.9 Å². The SMILES string of the molecule is CC(C)N(C)S(=O)(=O)c1ccc(Cl)c(C(=O)Nc2cc(C(C)(C)C)on2)c1. The lowest BCUT2D eigenvalue weighted by Crippen LogP contribution is -2.33. The van der Waals surface area contributed by atoms with Crippen LogP contribution in [0.15, 0.2) is 33.7 Å². The lowest BCUT2D eigenvalue weighted by atomic mass is 9.93. The van der Waals surface area contributed by atoms with Crippen LogP contribution < -0.4 is 5.32 Å². The van der Waals surface area contributed by atoms with Crippen LogP contribution in [0.5, 0.6) is 0 Å². The second-order valence-electron chi connectivity index (χ2n) is 7.54. The van der Waals surface area contributed by atoms with E-state index in [2.05, 4.69) is 10.5 Å². The molecule has 1 N–H and O–H groups in total. The molecule has 0 fully saturated rings. The molecule has 148 valence electrons. The average molecular weight is 414 g/mol. The predicted octanol–water partition coefficient (Wildman–Crippen LogP) is 3.91. The van der Waals surface area contributed by atoms with Crippen molar-refractivity contribution in [3.05, 3.63) is 40.6 Å². The standard InChI is InChI=1S/C18H24ClN3O4S/c1-11(2)22(6)27(24,25)12-7-8-14(19)13(9-12)17(23)20-16-10-15(26-21-16)18(3,4)5/h7-11H,1-6H3,(H,20,21,23). The molecule has 2 rings (SSSR count). The average Bonchev–Trinajstić information content (AvgIpc) is 3.02. The second-order valence-corrected chi connectivity index (χ2v) is 9.94. The summed E-state index contributed by atoms with van der Waals surface area (Å²) in [7, 11) is -2.25. The van der Waals surface area contributed by atoms with Gasteiger partial charge in [-0.1, -0.05) is 37.5 Å². The molecular formula is C18H24ClN3O4S. The zero-order chi connectivity index (χ0) is 20.6. The van der Waals surface area contributed by atoms with Gasteiger partial charge < -0.3 is 9.84 Å². The van der Waals surface area contributed by atoms with E-state index in [0.717, 1.165) is 0 Å². The second kappa shape index (κ2) is 7.61. The highest BCUT2D eigenvalue weighted by molar-refractivity contribution is 7.89. The topological polar surface area (TPSA) is 92.5 Å². The minimum absolute atomic E-state index is 0.0104. The number of nitrogens with zero attached hydrogens (tertiary/aromatic N) is 2. The van der Waals surface area contributed by atoms with Crippen LogP contribution in [0.2, 0.25) is 5.02 Å². The normalized spacial score (nSPS) is 12.6. The van der Waals surface area contributed by atoms with E-state index in [0.29, 0.717) is 5.76 Å². The van der Waals surface area contributed by atoms with Crippen LogP contribution in [0.1, 0.15) is 50.7 Å². The molecule has 2 aromatic rings. The van der Waals surface area contributed by atoms with E-state index >= 15 is 0 Å². The van der Waals surface area contributed by atoms with Gasteiger partial charge in [-0.3, -0.25) is 4.79 Å². The summed E-state index contributed by atoms with van der Waals surface area (Å²) in [5.74, 6) is 0.269. The lowest BCUT2D eigenvalue weighted by molar-refractivity contribution is 0.102. The van der Waals surface area contributed by atoms with Gasteiger partial charge in [-0.15, -0.1) is 0 Å². The number of amides is 1. The molecule has 0 aliphatic rings. The number of halogens is 1. The van der Waals surface area contributed by atoms with Gasteiger partial charge in [0.2, 0.25) is 10.0 Å². The number of hydrogen-bond donors (Lipinski definition) is 1. The molecule has 0 spiro atoms. The van der Waals surface area contributed by atoms with E-state index in [9.17, 15) is 13.2 Å². The van der Waals surface area contributed by atoms with Crippen LogP contribution in [0, 0.1) is 0 Å². The minimum atomic E-state index is -3.74. The number of hydrogen-bond acceptors (Lipinski definition) is 5. The molecule has 1 aromatic carbocycles. The summed E-state index contributed by atoms with van der Waals surface area (Å²) in [6, 6.07) is 5.42. The monoisotopic (exact) mass is 413 g/mol. The zero-order valence-corrected chi connectivity index (χ0v) is 17.8. The van der Waals surface area contributed by atoms with Gasteiger partial charge in [-0.05, 0) is 32.0 Å². The molecule has 0 aliphatic carbocycles. The van der Waals surface area contributed by atoms with Crippen molar-refractivity contribution >= 4 is 33.3 Å². The van der Waals surface area contributed by atoms with E-state index in [4.69, 9.17) is 16.1 Å². The van der Waals surface area contributed by atoms with Crippen LogP contribution in [-0.2, 0) is 15.4 Å². The van der Waals surface area contributed by atoms with Crippen LogP contribution in [0.4, 0.5) is 5.82 Å². The maximum atomic E-state index is 12.7. The van der Waals surface area contributed by atoms with Gasteiger partial charge >= 0.3 is 0 Å². The Morgan fingerprint density at radius 2 is 1.89 bits per heavy atom. The maximum absolute atomic E-state index is 12.7. The first-order valence-corrected chi connectivity index (χ1v) is 10.2. The maximum Gasteiger partial charge on any atom is 0.258 e. The molecular weight excluding hydrogens is 390 g/mol. The molecule has 0 unspecified atom stereocenters. The summed E-state index contributed by atoms with van der Waals surface area (Å²) < 4.78 is 31.8. The van der Waals surface area contributed by atoms with E-state index in [-0.39, 0.29) is 32.8 Å². The first-order chi connectivity index (χ1) is 12.3. The highest BCUT2D eigenvalue weighted by atomic mass is 35.5. The lowest BCUT2D eigenvalue weighted by Gasteiger charge is -2.21. The summed E-state index contributed by atoms with van der Waals surface area (Å²) in [6.07, 6.45) is 0. The number of nitrogens with one attached hydrogen (secondary N) is 1. The molecule has 0 saturated carbocycles. The summed E-state index contributed by atoms with van der Waals surface area (Å²) >= 11 is 6.11. The molecule has 0 saturated heterocycles. The van der Waals surface area contributed by atoms with Crippen molar-refractivity contribution < 1.29 is 17.7 Å². The molecule has 0 bridgehead atoms. The van der Waals surface area contributed by atoms with E-state index in [1.165, 1.54) is 29.6 Å². The number of carbonyl (C=O) groups is 1. The predicted molar refractivity (Wildman–Crippen MR) is 105 cm³/mol. The van der Waals surface area contributed by atoms with Gasteiger partial charge in [0.15, 0.2) is 5.82 Å². The highest BCUT2D eigenvalue weighted by Gasteiger charge is 2.26. The molecule has 27 heavy (non-hydrogen) atoms. The van der Waals surface area contributed by atoms with Gasteiger partial charge in [0.1, 0.15) is 5.76 Å². The van der Waals surface area contributed by atoms with Gasteiger partial charge in [-0.2, -0.15) is 4.31 Å². The fraction of sp³-hybridized carbons (Fsp3) is 0.444. The Bertz CT molecular complexity index is 946. The summed E-state index contributed by atoms with van der Waals surface area (Å²) in [5.41, 5.74) is -0.224. The fourth-order valence-electron chi connectivity index (χ4n) is 2.15. The molecule has 1 amide bonds. The Kier molecular flexibility index (Phi) is 6.03. The number of sulfonamides is 1. The summed E-state index contributed by atoms with van der Waals surface area (Å²) in [6.45, 7) is 9.39. The Balaban J connectivity index is 2.33. The number of benzene rings is 1. The first-order valence-electron chi connectivity index (χ1n) is 8.40. The Hall–Kier alpha value is -1.90. The van der Waals surface area contributed by atoms with E-state index in [1.807, 2.05) is 20.8 Å². The third-order valence-electron chi connectivity index (χ3n) is 4.08. The third-order valence-corrected chi connectivity index (χ3v) is 6.44. The number of anilines is 1. The quantitative estimate of drug-likeness (QED) is 0.802. The Morgan fingerprint density at radius 3 is 2.41 bits per heavy atom. The Morgan fingerprint density at radius 1 is 1.26 bits per heavy atom. The van der Waals surface area contributed by atoms with Gasteiger partial charge in [0.05, 0.1) is 15.5 Å².